The molecule has 1 aromatic rings. The van der Waals surface area contributed by atoms with Crippen LogP contribution in [0.1, 0.15) is 25.3 Å². The molecule has 0 amide bonds. The smallest absolute Gasteiger partial charge is 0.239 e. The van der Waals surface area contributed by atoms with Crippen LogP contribution in [-0.2, 0) is 0 Å². The van der Waals surface area contributed by atoms with Gasteiger partial charge in [-0.3, -0.25) is 10.1 Å². The lowest BCUT2D eigenvalue weighted by atomic mass is 10.0. The summed E-state index contributed by atoms with van der Waals surface area (Å²) in [6.07, 6.45) is 1.66. The Morgan fingerprint density at radius 1 is 1.43 bits per heavy atom. The second-order valence-electron chi connectivity index (χ2n) is 3.26. The Morgan fingerprint density at radius 3 is 2.50 bits per heavy atom. The SMILES string of the molecule is C/C(=C\[C@@H](C)c1ccccc1)[N+](=O)[O-]. The number of nitro groups is 1. The Balaban J connectivity index is 2.82. The number of hydrogen-bond donors (Lipinski definition) is 0. The third kappa shape index (κ3) is 2.69. The Bertz CT molecular complexity index is 344. The molecule has 0 heterocycles. The highest BCUT2D eigenvalue weighted by Crippen LogP contribution is 2.17. The lowest BCUT2D eigenvalue weighted by Crippen LogP contribution is -1.97. The molecule has 0 bridgehead atoms. The minimum Gasteiger partial charge on any atom is -0.259 e. The molecule has 0 saturated heterocycles. The summed E-state index contributed by atoms with van der Waals surface area (Å²) >= 11 is 0. The van der Waals surface area contributed by atoms with Crippen LogP contribution in [0.2, 0.25) is 0 Å². The first-order valence-corrected chi connectivity index (χ1v) is 4.49. The van der Waals surface area contributed by atoms with Crippen molar-refractivity contribution in [3.8, 4) is 0 Å². The average molecular weight is 191 g/mol. The minimum atomic E-state index is -0.362. The predicted octanol–water partition coefficient (Wildman–Crippen LogP) is 2.97. The molecule has 0 radical (unpaired) electrons. The maximum absolute atomic E-state index is 10.4. The van der Waals surface area contributed by atoms with Gasteiger partial charge >= 0.3 is 0 Å². The van der Waals surface area contributed by atoms with Gasteiger partial charge in [0.2, 0.25) is 5.70 Å². The number of nitrogens with zero attached hydrogens (tertiary/aromatic N) is 1. The summed E-state index contributed by atoms with van der Waals surface area (Å²) in [6.45, 7) is 3.46. The lowest BCUT2D eigenvalue weighted by Gasteiger charge is -2.05. The second-order valence-corrected chi connectivity index (χ2v) is 3.26. The molecule has 1 rings (SSSR count). The summed E-state index contributed by atoms with van der Waals surface area (Å²) in [7, 11) is 0. The van der Waals surface area contributed by atoms with E-state index in [-0.39, 0.29) is 16.5 Å². The van der Waals surface area contributed by atoms with Crippen LogP contribution in [-0.4, -0.2) is 4.92 Å². The molecule has 1 atom stereocenters. The zero-order chi connectivity index (χ0) is 10.6. The summed E-state index contributed by atoms with van der Waals surface area (Å²) in [5, 5.41) is 10.4. The van der Waals surface area contributed by atoms with Crippen molar-refractivity contribution >= 4 is 0 Å². The maximum atomic E-state index is 10.4. The van der Waals surface area contributed by atoms with Gasteiger partial charge in [0.25, 0.3) is 0 Å². The highest BCUT2D eigenvalue weighted by molar-refractivity contribution is 5.23. The molecular weight excluding hydrogens is 178 g/mol. The maximum Gasteiger partial charge on any atom is 0.239 e. The van der Waals surface area contributed by atoms with Gasteiger partial charge in [-0.1, -0.05) is 37.3 Å². The topological polar surface area (TPSA) is 43.1 Å². The zero-order valence-corrected chi connectivity index (χ0v) is 8.31. The van der Waals surface area contributed by atoms with Crippen LogP contribution in [0.25, 0.3) is 0 Å². The third-order valence-corrected chi connectivity index (χ3v) is 2.10. The fourth-order valence-corrected chi connectivity index (χ4v) is 1.28. The highest BCUT2D eigenvalue weighted by atomic mass is 16.6. The Labute approximate surface area is 83.2 Å². The van der Waals surface area contributed by atoms with Gasteiger partial charge in [0.15, 0.2) is 0 Å². The van der Waals surface area contributed by atoms with E-state index in [2.05, 4.69) is 0 Å². The Morgan fingerprint density at radius 2 is 2.00 bits per heavy atom. The van der Waals surface area contributed by atoms with Crippen molar-refractivity contribution in [3.05, 3.63) is 57.8 Å². The molecule has 0 aliphatic heterocycles. The molecule has 0 aliphatic carbocycles. The van der Waals surface area contributed by atoms with Crippen LogP contribution in [0.5, 0.6) is 0 Å². The molecule has 3 nitrogen and oxygen atoms in total. The summed E-state index contributed by atoms with van der Waals surface area (Å²) < 4.78 is 0. The standard InChI is InChI=1S/C11H13NO2/c1-9(8-10(2)12(13)14)11-6-4-3-5-7-11/h3-9H,1-2H3/b10-8+/t9-/m1/s1. The first-order chi connectivity index (χ1) is 6.61. The fraction of sp³-hybridized carbons (Fsp3) is 0.273. The van der Waals surface area contributed by atoms with Crippen molar-refractivity contribution in [2.24, 2.45) is 0 Å². The molecule has 0 saturated carbocycles. The summed E-state index contributed by atoms with van der Waals surface area (Å²) in [6, 6.07) is 9.73. The zero-order valence-electron chi connectivity index (χ0n) is 8.31. The van der Waals surface area contributed by atoms with Crippen molar-refractivity contribution in [2.75, 3.05) is 0 Å². The molecule has 1 aromatic carbocycles. The highest BCUT2D eigenvalue weighted by Gasteiger charge is 2.07. The van der Waals surface area contributed by atoms with Gasteiger partial charge in [-0.25, -0.2) is 0 Å². The summed E-state index contributed by atoms with van der Waals surface area (Å²) in [5.74, 6) is 0.0848. The molecule has 0 N–H and O–H groups in total. The number of benzene rings is 1. The molecule has 0 fully saturated rings. The first kappa shape index (κ1) is 10.4. The van der Waals surface area contributed by atoms with Crippen LogP contribution >= 0.6 is 0 Å². The van der Waals surface area contributed by atoms with Crippen molar-refractivity contribution in [3.63, 3.8) is 0 Å². The van der Waals surface area contributed by atoms with Gasteiger partial charge in [-0.2, -0.15) is 0 Å². The molecule has 74 valence electrons. The van der Waals surface area contributed by atoms with E-state index in [4.69, 9.17) is 0 Å². The van der Waals surface area contributed by atoms with E-state index < -0.39 is 0 Å². The third-order valence-electron chi connectivity index (χ3n) is 2.10. The molecule has 0 aromatic heterocycles. The van der Waals surface area contributed by atoms with Crippen molar-refractivity contribution in [2.45, 2.75) is 19.8 Å². The minimum absolute atomic E-state index is 0.0848. The lowest BCUT2D eigenvalue weighted by molar-refractivity contribution is -0.424. The van der Waals surface area contributed by atoms with Crippen LogP contribution < -0.4 is 0 Å². The Hall–Kier alpha value is -1.64. The molecular formula is C11H13NO2. The van der Waals surface area contributed by atoms with E-state index in [0.29, 0.717) is 0 Å². The van der Waals surface area contributed by atoms with Gasteiger partial charge in [-0.15, -0.1) is 0 Å². The molecule has 0 unspecified atom stereocenters. The van der Waals surface area contributed by atoms with Crippen LogP contribution in [0.4, 0.5) is 0 Å². The molecule has 14 heavy (non-hydrogen) atoms. The van der Waals surface area contributed by atoms with E-state index in [1.165, 1.54) is 6.92 Å². The van der Waals surface area contributed by atoms with E-state index in [1.807, 2.05) is 37.3 Å². The van der Waals surface area contributed by atoms with Crippen LogP contribution in [0.15, 0.2) is 42.1 Å². The van der Waals surface area contributed by atoms with Gasteiger partial charge in [0.1, 0.15) is 0 Å². The van der Waals surface area contributed by atoms with E-state index in [1.54, 1.807) is 6.08 Å². The largest absolute Gasteiger partial charge is 0.259 e. The first-order valence-electron chi connectivity index (χ1n) is 4.49. The van der Waals surface area contributed by atoms with E-state index >= 15 is 0 Å². The van der Waals surface area contributed by atoms with Gasteiger partial charge in [0, 0.05) is 12.8 Å². The molecule has 0 spiro atoms. The summed E-state index contributed by atoms with van der Waals surface area (Å²) in [5.41, 5.74) is 1.29. The second kappa shape index (κ2) is 4.56. The average Bonchev–Trinajstić information content (AvgIpc) is 2.19. The number of allylic oxidation sites excluding steroid dienone is 2. The van der Waals surface area contributed by atoms with Gasteiger partial charge in [0.05, 0.1) is 4.92 Å². The molecule has 3 heteroatoms. The molecule has 0 aliphatic rings. The van der Waals surface area contributed by atoms with Crippen molar-refractivity contribution in [1.82, 2.24) is 0 Å². The van der Waals surface area contributed by atoms with E-state index in [0.717, 1.165) is 5.56 Å². The van der Waals surface area contributed by atoms with Crippen LogP contribution in [0, 0.1) is 10.1 Å². The summed E-state index contributed by atoms with van der Waals surface area (Å²) in [4.78, 5) is 10.0. The van der Waals surface area contributed by atoms with Gasteiger partial charge in [-0.05, 0) is 11.6 Å². The normalized spacial score (nSPS) is 13.7. The number of hydrogen-bond acceptors (Lipinski definition) is 2. The van der Waals surface area contributed by atoms with Crippen molar-refractivity contribution < 1.29 is 4.92 Å². The van der Waals surface area contributed by atoms with Crippen molar-refractivity contribution in [1.29, 1.82) is 0 Å². The van der Waals surface area contributed by atoms with Crippen LogP contribution in [0.3, 0.4) is 0 Å². The monoisotopic (exact) mass is 191 g/mol. The predicted molar refractivity (Wildman–Crippen MR) is 55.6 cm³/mol. The van der Waals surface area contributed by atoms with Gasteiger partial charge < -0.3 is 0 Å². The fourth-order valence-electron chi connectivity index (χ4n) is 1.28. The van der Waals surface area contributed by atoms with E-state index in [9.17, 15) is 10.1 Å². The quantitative estimate of drug-likeness (QED) is 0.544. The Kier molecular flexibility index (Phi) is 3.40. The number of rotatable bonds is 3.